The Balaban J connectivity index is 1.96. The van der Waals surface area contributed by atoms with Gasteiger partial charge in [0.15, 0.2) is 8.32 Å². The molecule has 0 N–H and O–H groups in total. The summed E-state index contributed by atoms with van der Waals surface area (Å²) >= 11 is 0. The Labute approximate surface area is 644 Å². The Hall–Kier alpha value is -0.883. The number of carbonyl (C=O) groups is 2. The van der Waals surface area contributed by atoms with Crippen molar-refractivity contribution in [3.8, 4) is 0 Å². The minimum Gasteiger partial charge on any atom is -0.469 e. The van der Waals surface area contributed by atoms with E-state index in [1.54, 1.807) is 0 Å². The summed E-state index contributed by atoms with van der Waals surface area (Å²) in [5.74, 6) is 2.91. The predicted octanol–water partition coefficient (Wildman–Crippen LogP) is 33.9. The normalized spacial score (nSPS) is 15.6. The molecule has 0 unspecified atom stereocenters. The molecule has 608 valence electrons. The maximum absolute atomic E-state index is 12.9. The van der Waals surface area contributed by atoms with Crippen molar-refractivity contribution in [1.82, 2.24) is 0 Å². The highest BCUT2D eigenvalue weighted by atomic mass is 28.4. The Morgan fingerprint density at radius 2 is 0.588 bits per heavy atom. The number of rotatable bonds is 83. The van der Waals surface area contributed by atoms with Crippen LogP contribution in [0.4, 0.5) is 0 Å². The van der Waals surface area contributed by atoms with E-state index in [0.717, 1.165) is 56.3 Å². The minimum atomic E-state index is -1.77. The summed E-state index contributed by atoms with van der Waals surface area (Å²) in [5.41, 5.74) is 0. The van der Waals surface area contributed by atoms with Crippen LogP contribution in [0.25, 0.3) is 0 Å². The van der Waals surface area contributed by atoms with Crippen LogP contribution in [0.3, 0.4) is 0 Å². The second kappa shape index (κ2) is 72.9. The second-order valence-electron chi connectivity index (χ2n) is 36.4. The van der Waals surface area contributed by atoms with Crippen LogP contribution in [0.1, 0.15) is 537 Å². The van der Waals surface area contributed by atoms with Gasteiger partial charge in [-0.15, -0.1) is 0 Å². The van der Waals surface area contributed by atoms with Gasteiger partial charge < -0.3 is 13.9 Å². The van der Waals surface area contributed by atoms with Gasteiger partial charge in [0.1, 0.15) is 6.10 Å². The summed E-state index contributed by atoms with van der Waals surface area (Å²) in [6, 6.07) is 0. The molecule has 102 heavy (non-hydrogen) atoms. The molecule has 0 aromatic rings. The summed E-state index contributed by atoms with van der Waals surface area (Å²) < 4.78 is 18.2. The van der Waals surface area contributed by atoms with E-state index in [1.807, 2.05) is 0 Å². The van der Waals surface area contributed by atoms with Gasteiger partial charge in [-0.3, -0.25) is 9.59 Å². The average molecular weight is 1450 g/mol. The van der Waals surface area contributed by atoms with Gasteiger partial charge in [0.2, 0.25) is 0 Å². The maximum atomic E-state index is 12.9. The zero-order valence-electron chi connectivity index (χ0n) is 72.1. The lowest BCUT2D eigenvalue weighted by atomic mass is 9.91. The van der Waals surface area contributed by atoms with Gasteiger partial charge in [0.05, 0.1) is 13.0 Å². The van der Waals surface area contributed by atoms with Gasteiger partial charge in [0.25, 0.3) is 0 Å². The summed E-state index contributed by atoms with van der Waals surface area (Å²) in [6.45, 7) is 23.4. The van der Waals surface area contributed by atoms with Crippen LogP contribution < -0.4 is 0 Å². The molecule has 0 bridgehead atoms. The molecule has 1 aliphatic carbocycles. The largest absolute Gasteiger partial charge is 0.469 e. The molecule has 0 radical (unpaired) electrons. The van der Waals surface area contributed by atoms with Crippen molar-refractivity contribution in [1.29, 1.82) is 0 Å². The number of esters is 2. The van der Waals surface area contributed by atoms with Crippen molar-refractivity contribution >= 4 is 20.3 Å². The third-order valence-electron chi connectivity index (χ3n) is 25.5. The summed E-state index contributed by atoms with van der Waals surface area (Å²) in [7, 11) is -0.290. The number of hydrogen-bond donors (Lipinski definition) is 0. The van der Waals surface area contributed by atoms with E-state index < -0.39 is 8.32 Å². The van der Waals surface area contributed by atoms with Crippen LogP contribution in [0, 0.1) is 29.6 Å². The zero-order chi connectivity index (χ0) is 74.4. The molecule has 5 nitrogen and oxygen atoms in total. The van der Waals surface area contributed by atoms with Crippen LogP contribution in [0.15, 0.2) is 0 Å². The Kier molecular flexibility index (Phi) is 70.9. The van der Waals surface area contributed by atoms with Crippen molar-refractivity contribution in [3.63, 3.8) is 0 Å². The van der Waals surface area contributed by atoms with Crippen molar-refractivity contribution < 1.29 is 23.5 Å². The zero-order valence-corrected chi connectivity index (χ0v) is 73.1. The Morgan fingerprint density at radius 1 is 0.343 bits per heavy atom. The van der Waals surface area contributed by atoms with E-state index in [-0.39, 0.29) is 29.0 Å². The molecule has 6 heteroatoms. The molecule has 7 atom stereocenters. The van der Waals surface area contributed by atoms with Crippen LogP contribution in [-0.4, -0.2) is 39.6 Å². The van der Waals surface area contributed by atoms with Crippen LogP contribution in [0.2, 0.25) is 18.1 Å². The van der Waals surface area contributed by atoms with Crippen LogP contribution >= 0.6 is 0 Å². The van der Waals surface area contributed by atoms with Crippen molar-refractivity contribution in [2.75, 3.05) is 7.11 Å². The Bertz CT molecular complexity index is 1720. The monoisotopic (exact) mass is 1450 g/mol. The smallest absolute Gasteiger partial charge is 0.312 e. The SMILES string of the molecule is CCCCCCCCCCCCCCCCCCCCCCCC[C@@H](C(=O)OC)[C@@H](CCCCCCCCCCCCCCCC[C@H]1C[C@@H]1[C@@H](C)CCCCCCCCCCCCCCCCCC[C@H](O[Si](C)(C)C(C)(C)C)[C@@H](C)CCCCCCCCCCCCCCCCCC)OC(C)=O. The maximum Gasteiger partial charge on any atom is 0.312 e. The highest BCUT2D eigenvalue weighted by Gasteiger charge is 2.41. The second-order valence-corrected chi connectivity index (χ2v) is 41.1. The first kappa shape index (κ1) is 99.1. The van der Waals surface area contributed by atoms with E-state index >= 15 is 0 Å². The van der Waals surface area contributed by atoms with E-state index in [1.165, 1.54) is 457 Å². The topological polar surface area (TPSA) is 61.8 Å². The summed E-state index contributed by atoms with van der Waals surface area (Å²) in [4.78, 5) is 25.1. The van der Waals surface area contributed by atoms with Crippen LogP contribution in [-0.2, 0) is 23.5 Å². The quantitative estimate of drug-likeness (QED) is 0.0345. The number of ether oxygens (including phenoxy) is 2. The molecule has 0 saturated heterocycles. The lowest BCUT2D eigenvalue weighted by Crippen LogP contribution is -2.45. The lowest BCUT2D eigenvalue weighted by Gasteiger charge is -2.41. The molecular formula is C96H190O5Si. The average Bonchev–Trinajstić information content (AvgIpc) is 1.52. The van der Waals surface area contributed by atoms with Gasteiger partial charge in [-0.2, -0.15) is 0 Å². The number of hydrogen-bond acceptors (Lipinski definition) is 5. The first-order valence-electron chi connectivity index (χ1n) is 47.6. The summed E-state index contributed by atoms with van der Waals surface area (Å²) in [5, 5.41) is 0.283. The molecule has 0 aromatic heterocycles. The number of methoxy groups -OCH3 is 1. The van der Waals surface area contributed by atoms with Gasteiger partial charge in [0, 0.05) is 13.0 Å². The molecule has 1 fully saturated rings. The van der Waals surface area contributed by atoms with E-state index in [0.29, 0.717) is 12.0 Å². The van der Waals surface area contributed by atoms with E-state index in [4.69, 9.17) is 13.9 Å². The summed E-state index contributed by atoms with van der Waals surface area (Å²) in [6.07, 6.45) is 104. The highest BCUT2D eigenvalue weighted by Crippen LogP contribution is 2.49. The predicted molar refractivity (Wildman–Crippen MR) is 456 cm³/mol. The van der Waals surface area contributed by atoms with E-state index in [2.05, 4.69) is 61.6 Å². The standard InChI is InChI=1S/C96H190O5Si/c1-12-14-16-18-20-22-24-26-28-30-31-32-33-34-35-40-47-53-59-65-71-77-83-91(95(98)99-9)94(100-89(5)97)85-79-73-67-61-55-49-43-42-46-52-58-64-70-76-82-90-86-92(90)87(3)80-74-68-62-56-50-44-39-36-37-41-48-54-60-66-72-78-84-93(101-102(10,11)96(6,7)8)88(4)81-75-69-63-57-51-45-38-29-27-25-23-21-19-17-15-13-2/h87-88,90-94H,12-86H2,1-11H3/t87-,88-,90-,91+,92+,93-,94+/m0/s1. The van der Waals surface area contributed by atoms with Gasteiger partial charge >= 0.3 is 11.9 Å². The highest BCUT2D eigenvalue weighted by molar-refractivity contribution is 6.74. The molecule has 0 aromatic carbocycles. The fourth-order valence-electron chi connectivity index (χ4n) is 17.0. The molecule has 0 heterocycles. The molecular weight excluding hydrogens is 1260 g/mol. The molecule has 1 rings (SSSR count). The third kappa shape index (κ3) is 63.0. The lowest BCUT2D eigenvalue weighted by molar-refractivity contribution is -0.160. The fourth-order valence-corrected chi connectivity index (χ4v) is 18.5. The van der Waals surface area contributed by atoms with Crippen molar-refractivity contribution in [2.24, 2.45) is 29.6 Å². The Morgan fingerprint density at radius 3 is 0.863 bits per heavy atom. The number of unbranched alkanes of at least 4 members (excludes halogenated alkanes) is 64. The minimum absolute atomic E-state index is 0.211. The molecule has 1 saturated carbocycles. The first-order valence-corrected chi connectivity index (χ1v) is 50.5. The van der Waals surface area contributed by atoms with Crippen molar-refractivity contribution in [3.05, 3.63) is 0 Å². The van der Waals surface area contributed by atoms with E-state index in [9.17, 15) is 9.59 Å². The number of carbonyl (C=O) groups excluding carboxylic acids is 2. The first-order chi connectivity index (χ1) is 49.7. The molecule has 1 aliphatic rings. The van der Waals surface area contributed by atoms with Gasteiger partial charge in [-0.1, -0.05) is 492 Å². The van der Waals surface area contributed by atoms with Crippen LogP contribution in [0.5, 0.6) is 0 Å². The molecule has 0 amide bonds. The molecule has 0 spiro atoms. The van der Waals surface area contributed by atoms with Crippen molar-refractivity contribution in [2.45, 2.75) is 567 Å². The fraction of sp³-hybridized carbons (Fsp3) is 0.979. The van der Waals surface area contributed by atoms with Gasteiger partial charge in [-0.25, -0.2) is 0 Å². The molecule has 0 aliphatic heterocycles. The third-order valence-corrected chi connectivity index (χ3v) is 30.0. The van der Waals surface area contributed by atoms with Gasteiger partial charge in [-0.05, 0) is 80.3 Å².